The van der Waals surface area contributed by atoms with Gasteiger partial charge < -0.3 is 29.2 Å². The normalized spacial score (nSPS) is 24.4. The van der Waals surface area contributed by atoms with Gasteiger partial charge in [0, 0.05) is 0 Å². The van der Waals surface area contributed by atoms with Crippen molar-refractivity contribution in [2.45, 2.75) is 56.5 Å². The van der Waals surface area contributed by atoms with E-state index in [-0.39, 0.29) is 17.2 Å². The summed E-state index contributed by atoms with van der Waals surface area (Å²) in [5.41, 5.74) is 0.267. The Labute approximate surface area is 218 Å². The predicted molar refractivity (Wildman–Crippen MR) is 142 cm³/mol. The molecule has 0 unspecified atom stereocenters. The molecule has 0 amide bonds. The standard InChI is InChI=1S/C29H34O7Si/c1-29(2,3)37(21-15-9-5-10-16-21,22-17-11-6-12-18-22)34-19-23-24(30)26(25(31)28(33)35-23)36-27(32)20-13-7-4-8-14-20/h4-18,23-26,28,30-31,33H,19H2,1-3H3/t23-,24-,25-,26+,28+/m1/s1. The van der Waals surface area contributed by atoms with Gasteiger partial charge in [-0.05, 0) is 27.5 Å². The maximum Gasteiger partial charge on any atom is 0.338 e. The van der Waals surface area contributed by atoms with Gasteiger partial charge in [0.1, 0.15) is 18.3 Å². The number of ether oxygens (including phenoxy) is 2. The van der Waals surface area contributed by atoms with Crippen molar-refractivity contribution < 1.29 is 34.0 Å². The monoisotopic (exact) mass is 522 g/mol. The Bertz CT molecular complexity index is 1110. The molecule has 0 aliphatic carbocycles. The smallest absolute Gasteiger partial charge is 0.338 e. The van der Waals surface area contributed by atoms with Gasteiger partial charge in [-0.25, -0.2) is 4.79 Å². The van der Waals surface area contributed by atoms with Crippen LogP contribution in [0.25, 0.3) is 0 Å². The third-order valence-corrected chi connectivity index (χ3v) is 11.8. The van der Waals surface area contributed by atoms with Crippen LogP contribution in [-0.4, -0.2) is 66.9 Å². The molecule has 0 aromatic heterocycles. The number of hydrogen-bond donors (Lipinski definition) is 3. The number of benzene rings is 3. The molecule has 196 valence electrons. The number of esters is 1. The zero-order chi connectivity index (χ0) is 26.6. The largest absolute Gasteiger partial charge is 0.453 e. The minimum absolute atomic E-state index is 0.0857. The molecule has 3 aromatic rings. The SMILES string of the molecule is CC(C)(C)[Si](OC[C@H]1O[C@H](O)[C@H](O)[C@@H](OC(=O)c2ccccc2)[C@@H]1O)(c1ccccc1)c1ccccc1. The molecule has 0 spiro atoms. The Balaban J connectivity index is 1.63. The first-order valence-corrected chi connectivity index (χ1v) is 14.3. The highest BCUT2D eigenvalue weighted by Crippen LogP contribution is 2.37. The first-order chi connectivity index (χ1) is 17.6. The van der Waals surface area contributed by atoms with Crippen LogP contribution in [0, 0.1) is 0 Å². The number of carbonyl (C=O) groups excluding carboxylic acids is 1. The van der Waals surface area contributed by atoms with Crippen molar-refractivity contribution >= 4 is 24.7 Å². The van der Waals surface area contributed by atoms with Crippen LogP contribution >= 0.6 is 0 Å². The number of rotatable bonds is 7. The van der Waals surface area contributed by atoms with Gasteiger partial charge in [-0.15, -0.1) is 0 Å². The van der Waals surface area contributed by atoms with Gasteiger partial charge in [-0.2, -0.15) is 0 Å². The predicted octanol–water partition coefficient (Wildman–Crippen LogP) is 2.23. The van der Waals surface area contributed by atoms with E-state index in [0.717, 1.165) is 10.4 Å². The van der Waals surface area contributed by atoms with E-state index in [1.165, 1.54) is 0 Å². The molecular weight excluding hydrogens is 488 g/mol. The molecule has 0 bridgehead atoms. The van der Waals surface area contributed by atoms with E-state index in [1.807, 2.05) is 60.7 Å². The molecule has 37 heavy (non-hydrogen) atoms. The molecule has 0 saturated carbocycles. The molecule has 3 N–H and O–H groups in total. The average molecular weight is 523 g/mol. The van der Waals surface area contributed by atoms with Crippen LogP contribution in [0.4, 0.5) is 0 Å². The lowest BCUT2D eigenvalue weighted by atomic mass is 9.99. The summed E-state index contributed by atoms with van der Waals surface area (Å²) in [5.74, 6) is -0.718. The highest BCUT2D eigenvalue weighted by molar-refractivity contribution is 6.99. The molecular formula is C29H34O7Si. The van der Waals surface area contributed by atoms with E-state index in [2.05, 4.69) is 20.8 Å². The minimum Gasteiger partial charge on any atom is -0.453 e. The van der Waals surface area contributed by atoms with Crippen molar-refractivity contribution in [1.82, 2.24) is 0 Å². The van der Waals surface area contributed by atoms with Crippen LogP contribution in [0.3, 0.4) is 0 Å². The summed E-state index contributed by atoms with van der Waals surface area (Å²) < 4.78 is 17.8. The zero-order valence-electron chi connectivity index (χ0n) is 21.2. The van der Waals surface area contributed by atoms with E-state index in [1.54, 1.807) is 30.3 Å². The van der Waals surface area contributed by atoms with Gasteiger partial charge >= 0.3 is 5.97 Å². The lowest BCUT2D eigenvalue weighted by molar-refractivity contribution is -0.285. The molecule has 7 nitrogen and oxygen atoms in total. The topological polar surface area (TPSA) is 105 Å². The van der Waals surface area contributed by atoms with Gasteiger partial charge in [0.2, 0.25) is 0 Å². The van der Waals surface area contributed by atoms with Crippen molar-refractivity contribution in [3.8, 4) is 0 Å². The fraction of sp³-hybridized carbons (Fsp3) is 0.345. The Morgan fingerprint density at radius 1 is 0.811 bits per heavy atom. The fourth-order valence-electron chi connectivity index (χ4n) is 4.93. The molecule has 1 fully saturated rings. The van der Waals surface area contributed by atoms with E-state index in [4.69, 9.17) is 13.9 Å². The fourth-order valence-corrected chi connectivity index (χ4v) is 9.50. The second kappa shape index (κ2) is 11.3. The highest BCUT2D eigenvalue weighted by Gasteiger charge is 2.52. The van der Waals surface area contributed by atoms with Crippen LogP contribution in [0.1, 0.15) is 31.1 Å². The molecule has 1 saturated heterocycles. The summed E-state index contributed by atoms with van der Waals surface area (Å²) in [5, 5.41) is 33.8. The summed E-state index contributed by atoms with van der Waals surface area (Å²) in [6, 6.07) is 28.3. The lowest BCUT2D eigenvalue weighted by Gasteiger charge is -2.45. The van der Waals surface area contributed by atoms with Crippen LogP contribution in [0.2, 0.25) is 5.04 Å². The maximum absolute atomic E-state index is 12.6. The lowest BCUT2D eigenvalue weighted by Crippen LogP contribution is -2.68. The molecule has 8 heteroatoms. The Morgan fingerprint density at radius 2 is 1.30 bits per heavy atom. The van der Waals surface area contributed by atoms with Crippen molar-refractivity contribution in [3.05, 3.63) is 96.6 Å². The second-order valence-electron chi connectivity index (χ2n) is 10.3. The van der Waals surface area contributed by atoms with Gasteiger partial charge in [0.15, 0.2) is 12.4 Å². The van der Waals surface area contributed by atoms with Gasteiger partial charge in [0.25, 0.3) is 8.32 Å². The second-order valence-corrected chi connectivity index (χ2v) is 14.6. The summed E-state index contributed by atoms with van der Waals surface area (Å²) in [7, 11) is -2.95. The number of hydrogen-bond acceptors (Lipinski definition) is 7. The van der Waals surface area contributed by atoms with Gasteiger partial charge in [-0.3, -0.25) is 0 Å². The third-order valence-electron chi connectivity index (χ3n) is 6.79. The van der Waals surface area contributed by atoms with Crippen LogP contribution in [0.5, 0.6) is 0 Å². The van der Waals surface area contributed by atoms with E-state index >= 15 is 0 Å². The Hall–Kier alpha value is -2.85. The molecule has 1 aliphatic heterocycles. The maximum atomic E-state index is 12.6. The van der Waals surface area contributed by atoms with Gasteiger partial charge in [0.05, 0.1) is 12.2 Å². The van der Waals surface area contributed by atoms with E-state index in [9.17, 15) is 20.1 Å². The van der Waals surface area contributed by atoms with Crippen molar-refractivity contribution in [2.75, 3.05) is 6.61 Å². The zero-order valence-corrected chi connectivity index (χ0v) is 22.2. The quantitative estimate of drug-likeness (QED) is 0.323. The van der Waals surface area contributed by atoms with Crippen molar-refractivity contribution in [1.29, 1.82) is 0 Å². The Kier molecular flexibility index (Phi) is 8.28. The molecule has 0 radical (unpaired) electrons. The minimum atomic E-state index is -2.95. The van der Waals surface area contributed by atoms with E-state index < -0.39 is 45.0 Å². The first-order valence-electron chi connectivity index (χ1n) is 12.4. The summed E-state index contributed by atoms with van der Waals surface area (Å²) >= 11 is 0. The number of aliphatic hydroxyl groups is 3. The van der Waals surface area contributed by atoms with Crippen molar-refractivity contribution in [2.24, 2.45) is 0 Å². The third kappa shape index (κ3) is 5.55. The van der Waals surface area contributed by atoms with Crippen LogP contribution in [-0.2, 0) is 13.9 Å². The van der Waals surface area contributed by atoms with Crippen molar-refractivity contribution in [3.63, 3.8) is 0 Å². The number of aliphatic hydroxyl groups excluding tert-OH is 3. The summed E-state index contributed by atoms with van der Waals surface area (Å²) in [6.45, 7) is 6.29. The average Bonchev–Trinajstić information content (AvgIpc) is 2.90. The molecule has 4 rings (SSSR count). The van der Waals surface area contributed by atoms with Crippen LogP contribution < -0.4 is 10.4 Å². The van der Waals surface area contributed by atoms with Gasteiger partial charge in [-0.1, -0.05) is 99.6 Å². The number of carbonyl (C=O) groups is 1. The summed E-state index contributed by atoms with van der Waals surface area (Å²) in [4.78, 5) is 12.6. The molecule has 1 heterocycles. The highest BCUT2D eigenvalue weighted by atomic mass is 28.4. The Morgan fingerprint density at radius 3 is 1.78 bits per heavy atom. The van der Waals surface area contributed by atoms with Crippen LogP contribution in [0.15, 0.2) is 91.0 Å². The molecule has 1 aliphatic rings. The first kappa shape index (κ1) is 27.2. The summed E-state index contributed by atoms with van der Waals surface area (Å²) in [6.07, 6.45) is -7.15. The molecule has 3 aromatic carbocycles. The molecule has 5 atom stereocenters. The van der Waals surface area contributed by atoms with E-state index in [0.29, 0.717) is 0 Å².